The van der Waals surface area contributed by atoms with E-state index in [2.05, 4.69) is 0 Å². The van der Waals surface area contributed by atoms with E-state index in [4.69, 9.17) is 14.7 Å². The number of hydrogen-bond donors (Lipinski definition) is 1. The zero-order chi connectivity index (χ0) is 20.8. The van der Waals surface area contributed by atoms with Crippen LogP contribution in [0.5, 0.6) is 11.5 Å². The Hall–Kier alpha value is -3.46. The number of anilines is 1. The molecule has 0 atom stereocenters. The molecule has 3 rings (SSSR count). The second-order valence-corrected chi connectivity index (χ2v) is 6.77. The zero-order valence-corrected chi connectivity index (χ0v) is 16.1. The van der Waals surface area contributed by atoms with E-state index < -0.39 is 5.97 Å². The van der Waals surface area contributed by atoms with Crippen LogP contribution in [-0.4, -0.2) is 24.1 Å². The number of ether oxygens (including phenoxy) is 2. The maximum absolute atomic E-state index is 12.7. The molecule has 3 aromatic rings. The molecule has 1 heterocycles. The smallest absolute Gasteiger partial charge is 0.343 e. The van der Waals surface area contributed by atoms with E-state index in [9.17, 15) is 14.8 Å². The molecular formula is C21H16NO6S-. The lowest BCUT2D eigenvalue weighted by molar-refractivity contribution is 0.0733. The number of methoxy groups -OCH3 is 1. The van der Waals surface area contributed by atoms with Gasteiger partial charge >= 0.3 is 5.97 Å². The third kappa shape index (κ3) is 5.08. The maximum atomic E-state index is 12.7. The average Bonchev–Trinajstić information content (AvgIpc) is 3.26. The van der Waals surface area contributed by atoms with E-state index in [1.54, 1.807) is 12.1 Å². The predicted molar refractivity (Wildman–Crippen MR) is 110 cm³/mol. The molecule has 0 aliphatic heterocycles. The zero-order valence-electron chi connectivity index (χ0n) is 15.3. The minimum Gasteiger partial charge on any atom is -0.733 e. The van der Waals surface area contributed by atoms with Gasteiger partial charge in [0, 0.05) is 4.88 Å². The first-order valence-corrected chi connectivity index (χ1v) is 9.28. The van der Waals surface area contributed by atoms with Crippen molar-refractivity contribution >= 4 is 34.9 Å². The van der Waals surface area contributed by atoms with Gasteiger partial charge in [-0.15, -0.1) is 11.3 Å². The fraction of sp³-hybridized carbons (Fsp3) is 0.0476. The normalized spacial score (nSPS) is 10.7. The van der Waals surface area contributed by atoms with Gasteiger partial charge in [0.25, 0.3) is 0 Å². The van der Waals surface area contributed by atoms with Crippen LogP contribution >= 0.6 is 11.3 Å². The Morgan fingerprint density at radius 2 is 1.97 bits per heavy atom. The molecule has 0 spiro atoms. The van der Waals surface area contributed by atoms with E-state index in [0.717, 1.165) is 4.88 Å². The molecule has 0 bridgehead atoms. The van der Waals surface area contributed by atoms with E-state index in [-0.39, 0.29) is 33.6 Å². The van der Waals surface area contributed by atoms with Crippen molar-refractivity contribution in [3.63, 3.8) is 0 Å². The number of allylic oxidation sites excluding steroid dienone is 1. The number of benzene rings is 2. The number of esters is 1. The van der Waals surface area contributed by atoms with Crippen molar-refractivity contribution in [1.82, 2.24) is 0 Å². The van der Waals surface area contributed by atoms with Crippen LogP contribution in [0.3, 0.4) is 0 Å². The van der Waals surface area contributed by atoms with Gasteiger partial charge in [-0.3, -0.25) is 10.0 Å². The van der Waals surface area contributed by atoms with Gasteiger partial charge < -0.3 is 19.9 Å². The third-order valence-electron chi connectivity index (χ3n) is 3.90. The molecule has 0 aliphatic rings. The third-order valence-corrected chi connectivity index (χ3v) is 4.74. The van der Waals surface area contributed by atoms with Crippen LogP contribution in [0.1, 0.15) is 25.6 Å². The lowest BCUT2D eigenvalue weighted by Crippen LogP contribution is -2.13. The number of ketones is 1. The van der Waals surface area contributed by atoms with Gasteiger partial charge in [0.15, 0.2) is 5.78 Å². The van der Waals surface area contributed by atoms with E-state index in [0.29, 0.717) is 5.75 Å². The molecule has 148 valence electrons. The highest BCUT2D eigenvalue weighted by atomic mass is 32.1. The quantitative estimate of drug-likeness (QED) is 0.200. The van der Waals surface area contributed by atoms with Gasteiger partial charge in [-0.05, 0) is 60.0 Å². The van der Waals surface area contributed by atoms with Crippen molar-refractivity contribution in [2.24, 2.45) is 0 Å². The minimum atomic E-state index is -0.782. The maximum Gasteiger partial charge on any atom is 0.343 e. The number of carbonyl (C=O) groups is 2. The summed E-state index contributed by atoms with van der Waals surface area (Å²) in [6, 6.07) is 13.6. The first-order valence-electron chi connectivity index (χ1n) is 8.40. The number of rotatable bonds is 7. The molecule has 0 saturated carbocycles. The Balaban J connectivity index is 1.87. The van der Waals surface area contributed by atoms with Gasteiger partial charge in [-0.1, -0.05) is 12.1 Å². The van der Waals surface area contributed by atoms with Crippen LogP contribution < -0.4 is 14.7 Å². The highest BCUT2D eigenvalue weighted by molar-refractivity contribution is 7.10. The second kappa shape index (κ2) is 9.16. The molecule has 29 heavy (non-hydrogen) atoms. The first kappa shape index (κ1) is 20.3. The Morgan fingerprint density at radius 1 is 1.14 bits per heavy atom. The van der Waals surface area contributed by atoms with Crippen LogP contribution in [0.4, 0.5) is 5.69 Å². The molecule has 8 heteroatoms. The van der Waals surface area contributed by atoms with E-state index in [1.165, 1.54) is 60.9 Å². The second-order valence-electron chi connectivity index (χ2n) is 5.79. The van der Waals surface area contributed by atoms with Gasteiger partial charge in [0.05, 0.1) is 23.9 Å². The van der Waals surface area contributed by atoms with Crippen molar-refractivity contribution in [1.29, 1.82) is 0 Å². The van der Waals surface area contributed by atoms with Crippen LogP contribution in [0.2, 0.25) is 0 Å². The van der Waals surface area contributed by atoms with Crippen molar-refractivity contribution in [2.45, 2.75) is 0 Å². The summed E-state index contributed by atoms with van der Waals surface area (Å²) in [5.74, 6) is -0.669. The van der Waals surface area contributed by atoms with Gasteiger partial charge in [-0.25, -0.2) is 4.79 Å². The monoisotopic (exact) mass is 410 g/mol. The molecule has 0 unspecified atom stereocenters. The summed E-state index contributed by atoms with van der Waals surface area (Å²) in [4.78, 5) is 26.1. The predicted octanol–water partition coefficient (Wildman–Crippen LogP) is 4.57. The number of hydrogen-bond acceptors (Lipinski definition) is 8. The topological polar surface area (TPSA) is 99.1 Å². The molecule has 7 nitrogen and oxygen atoms in total. The molecule has 0 aliphatic carbocycles. The first-order chi connectivity index (χ1) is 14.0. The lowest BCUT2D eigenvalue weighted by Gasteiger charge is -2.21. The van der Waals surface area contributed by atoms with Crippen LogP contribution in [-0.2, 0) is 0 Å². The van der Waals surface area contributed by atoms with Crippen molar-refractivity contribution in [3.8, 4) is 11.5 Å². The molecule has 2 aromatic carbocycles. The summed E-state index contributed by atoms with van der Waals surface area (Å²) in [5, 5.41) is 21.6. The Kier molecular flexibility index (Phi) is 6.40. The number of thiophene rings is 1. The average molecular weight is 410 g/mol. The van der Waals surface area contributed by atoms with Gasteiger partial charge in [0.2, 0.25) is 0 Å². The molecule has 0 radical (unpaired) electrons. The highest BCUT2D eigenvalue weighted by Gasteiger charge is 2.17. The SMILES string of the molecule is COc1ccc(OC(=O)c2cccc(N([O-])O)c2)c(C(=O)C=Cc2cccs2)c1. The highest BCUT2D eigenvalue weighted by Crippen LogP contribution is 2.27. The summed E-state index contributed by atoms with van der Waals surface area (Å²) < 4.78 is 10.5. The Morgan fingerprint density at radius 3 is 2.66 bits per heavy atom. The molecule has 0 amide bonds. The molecule has 0 saturated heterocycles. The standard InChI is InChI=1S/C21H16NO6S/c1-27-16-7-10-20(18(13-16)19(23)9-8-17-6-3-11-29-17)28-21(24)14-4-2-5-15(12-14)22(25)26/h2-13,25H,1H3/q-1. The lowest BCUT2D eigenvalue weighted by atomic mass is 10.1. The van der Waals surface area contributed by atoms with Gasteiger partial charge in [0.1, 0.15) is 11.5 Å². The fourth-order valence-electron chi connectivity index (χ4n) is 2.46. The van der Waals surface area contributed by atoms with Crippen LogP contribution in [0.25, 0.3) is 6.08 Å². The summed E-state index contributed by atoms with van der Waals surface area (Å²) in [7, 11) is 1.46. The number of nitrogens with zero attached hydrogens (tertiary/aromatic N) is 1. The molecular weight excluding hydrogens is 394 g/mol. The Labute approximate surface area is 170 Å². The molecule has 1 N–H and O–H groups in total. The summed E-state index contributed by atoms with van der Waals surface area (Å²) in [5.41, 5.74) is 0.0689. The molecule has 1 aromatic heterocycles. The van der Waals surface area contributed by atoms with Gasteiger partial charge in [-0.2, -0.15) is 0 Å². The van der Waals surface area contributed by atoms with Crippen molar-refractivity contribution in [3.05, 3.63) is 87.3 Å². The van der Waals surface area contributed by atoms with E-state index >= 15 is 0 Å². The van der Waals surface area contributed by atoms with E-state index in [1.807, 2.05) is 17.5 Å². The van der Waals surface area contributed by atoms with Crippen molar-refractivity contribution in [2.75, 3.05) is 12.3 Å². The number of carbonyl (C=O) groups excluding carboxylic acids is 2. The minimum absolute atomic E-state index is 0.0424. The fourth-order valence-corrected chi connectivity index (χ4v) is 3.08. The summed E-state index contributed by atoms with van der Waals surface area (Å²) >= 11 is 1.48. The largest absolute Gasteiger partial charge is 0.733 e. The summed E-state index contributed by atoms with van der Waals surface area (Å²) in [6.07, 6.45) is 3.06. The van der Waals surface area contributed by atoms with Crippen LogP contribution in [0.15, 0.2) is 66.1 Å². The Bertz CT molecular complexity index is 1040. The molecule has 0 fully saturated rings. The summed E-state index contributed by atoms with van der Waals surface area (Å²) in [6.45, 7) is 0. The van der Waals surface area contributed by atoms with Crippen molar-refractivity contribution < 1.29 is 24.3 Å². The van der Waals surface area contributed by atoms with Crippen LogP contribution in [0, 0.1) is 5.21 Å².